The molecule has 5 aliphatic carbocycles. The Morgan fingerprint density at radius 1 is 0.446 bits per heavy atom. The average Bonchev–Trinajstić information content (AvgIpc) is 1.60. The fraction of sp³-hybridized carbons (Fsp3) is 0.367. The van der Waals surface area contributed by atoms with Crippen LogP contribution in [0.25, 0.3) is 132 Å². The highest BCUT2D eigenvalue weighted by atomic mass is 19.4. The molecule has 5 saturated carbocycles. The number of hydrogen-bond donors (Lipinski definition) is 12. The minimum Gasteiger partial charge on any atom is -0.472 e. The Morgan fingerprint density at radius 2 is 0.878 bits per heavy atom. The number of amides is 2. The van der Waals surface area contributed by atoms with Crippen molar-refractivity contribution in [3.05, 3.63) is 234 Å². The van der Waals surface area contributed by atoms with Crippen LogP contribution < -0.4 is 32.1 Å². The first-order valence-electron chi connectivity index (χ1n) is 50.9. The molecule has 14 aromatic heterocycles. The van der Waals surface area contributed by atoms with E-state index in [1.54, 1.807) is 85.5 Å². The number of aromatic nitrogens is 19. The van der Waals surface area contributed by atoms with E-state index >= 15 is 0 Å². The Bertz CT molecular complexity index is 7640. The van der Waals surface area contributed by atoms with Gasteiger partial charge in [0, 0.05) is 171 Å². The first kappa shape index (κ1) is 101. The van der Waals surface area contributed by atoms with Crippen LogP contribution in [0.5, 0.6) is 0 Å². The summed E-state index contributed by atoms with van der Waals surface area (Å²) in [5, 5.41) is 68.5. The molecule has 6 aliphatic rings. The molecule has 6 fully saturated rings. The van der Waals surface area contributed by atoms with E-state index in [1.165, 1.54) is 109 Å². The van der Waals surface area contributed by atoms with Crippen LogP contribution in [0, 0.1) is 23.3 Å². The van der Waals surface area contributed by atoms with Gasteiger partial charge in [0.15, 0.2) is 17.5 Å². The lowest BCUT2D eigenvalue weighted by atomic mass is 9.95. The molecule has 2 amide bonds. The van der Waals surface area contributed by atoms with Crippen LogP contribution in [-0.2, 0) is 17.4 Å². The Kier molecular flexibility index (Phi) is 31.4. The van der Waals surface area contributed by atoms with Crippen LogP contribution >= 0.6 is 0 Å². The predicted molar refractivity (Wildman–Crippen MR) is 555 cm³/mol. The lowest BCUT2D eigenvalue weighted by molar-refractivity contribution is -0.138. The van der Waals surface area contributed by atoms with Gasteiger partial charge in [0.25, 0.3) is 17.4 Å². The Labute approximate surface area is 844 Å². The Balaban J connectivity index is 0.000000113. The molecule has 148 heavy (non-hydrogen) atoms. The summed E-state index contributed by atoms with van der Waals surface area (Å²) in [4.78, 5) is 68.9. The van der Waals surface area contributed by atoms with Crippen molar-refractivity contribution in [2.45, 2.75) is 229 Å². The summed E-state index contributed by atoms with van der Waals surface area (Å²) < 4.78 is 125. The maximum Gasteiger partial charge on any atom is 0.416 e. The van der Waals surface area contributed by atoms with E-state index in [0.29, 0.717) is 92.4 Å². The van der Waals surface area contributed by atoms with Crippen molar-refractivity contribution in [2.24, 2.45) is 0 Å². The van der Waals surface area contributed by atoms with Crippen LogP contribution in [0.2, 0.25) is 0 Å². The number of halogens is 9. The van der Waals surface area contributed by atoms with Crippen LogP contribution in [-0.4, -0.2) is 181 Å². The van der Waals surface area contributed by atoms with Crippen molar-refractivity contribution in [2.75, 3.05) is 53.8 Å². The molecule has 24 rings (SSSR count). The van der Waals surface area contributed by atoms with Crippen molar-refractivity contribution in [1.82, 2.24) is 106 Å². The number of aryl methyl sites for hydroxylation is 1. The number of furan rings is 1. The SMILES string of the molecule is CN(C)C(=O)c1ccc(-c2n[nH]c3ccnc(NC4CCCCC4)c23)cc1.Fc1cc(-c2n[nH]c3ccnc(NC4CCCCC4)c23)cc(F)c1F.Fc1cc(C(F)(F)F)ccc1-c1n[nH]c2ccnc(NC3CCCCC3)c12.O=C(CCc1[nH]nc2ccnc(NC3CCCCC3)c12)N1CCC(F)(F)CC1.O=c1[nH]ccc2[nH]nc(-c3ccoc3)c12.c1ccc2c(-c3n[nH]c4ccnc(NC5CCCCC5)c34)cncc2c1. The molecule has 0 spiro atoms. The maximum absolute atomic E-state index is 14.5. The molecule has 30 nitrogen and oxygen atoms in total. The highest BCUT2D eigenvalue weighted by Crippen LogP contribution is 2.43. The van der Waals surface area contributed by atoms with E-state index in [-0.39, 0.29) is 72.6 Å². The summed E-state index contributed by atoms with van der Waals surface area (Å²) in [5.41, 5.74) is 11.2. The van der Waals surface area contributed by atoms with Gasteiger partial charge in [0.2, 0.25) is 5.91 Å². The van der Waals surface area contributed by atoms with E-state index in [1.807, 2.05) is 73.3 Å². The molecule has 768 valence electrons. The third-order valence-electron chi connectivity index (χ3n) is 28.4. The molecule has 0 radical (unpaired) electrons. The van der Waals surface area contributed by atoms with E-state index in [4.69, 9.17) is 4.42 Å². The third kappa shape index (κ3) is 23.6. The molecule has 12 N–H and O–H groups in total. The average molecular weight is 2020 g/mol. The molecule has 4 aromatic carbocycles. The zero-order valence-corrected chi connectivity index (χ0v) is 81.9. The van der Waals surface area contributed by atoms with Gasteiger partial charge in [-0.3, -0.25) is 50.0 Å². The summed E-state index contributed by atoms with van der Waals surface area (Å²) >= 11 is 0. The van der Waals surface area contributed by atoms with Gasteiger partial charge in [0.05, 0.1) is 83.5 Å². The second-order valence-corrected chi connectivity index (χ2v) is 38.8. The fourth-order valence-electron chi connectivity index (χ4n) is 20.6. The lowest BCUT2D eigenvalue weighted by Crippen LogP contribution is -2.42. The van der Waals surface area contributed by atoms with Gasteiger partial charge in [-0.15, -0.1) is 0 Å². The number of piperidine rings is 1. The van der Waals surface area contributed by atoms with Crippen LogP contribution in [0.4, 0.5) is 68.6 Å². The Hall–Kier alpha value is -15.6. The number of anilines is 5. The highest BCUT2D eigenvalue weighted by molar-refractivity contribution is 6.08. The maximum atomic E-state index is 14.5. The standard InChI is InChI=1S/C21H25N5O.C21H21N5.C20H27F2N5O.C19H18F4N4.C18H17F3N4.C10H7N3O2/c1-26(2)21(27)15-10-8-14(9-11-15)19-18-17(24-25-19)12-13-22-20(18)23-16-6-4-3-5-7-16;1-2-7-15(8-3-1)24-21-19-18(10-11-23-21)25-26-20(19)17-13-22-12-14-6-4-5-9-16(14)17;21-20(22)9-12-27(13-10-20)17(28)7-6-15-18-16(26-25-15)8-11-23-19(18)24-14-4-2-1-3-5-14;20-14-10-11(19(21,22)23)6-7-13(14)17-16-15(26-27-17)8-9-24-18(16)25-12-4-2-1-3-5-12;19-12-8-10(9-13(20)16(12)21)17-15-14(24-25-17)6-7-22-18(15)23-11-4-2-1-3-5-11;14-10-8-7(1-3-11-10)12-13-9(8)6-2-4-15-5-6/h8-13,16H,3-7H2,1-2H3,(H,22,23)(H,24,25);4-6,9-13,15H,1-3,7-8H2,(H,23,24)(H,25,26);8,11,14H,1-7,9-10,12-13H2,(H,23,24)(H,25,26);6-10,12H,1-5H2,(H,24,25)(H,26,27);6-9,11H,1-5H2,(H,22,23)(H,24,25);1-5H,(H,11,14)(H,12,13). The number of benzene rings is 4. The number of alkyl halides is 5. The normalized spacial score (nSPS) is 16.0. The fourth-order valence-corrected chi connectivity index (χ4v) is 20.6. The van der Waals surface area contributed by atoms with Crippen molar-refractivity contribution < 1.29 is 53.5 Å². The predicted octanol–water partition coefficient (Wildman–Crippen LogP) is 24.7. The summed E-state index contributed by atoms with van der Waals surface area (Å²) in [6.07, 6.45) is 42.7. The van der Waals surface area contributed by atoms with Crippen molar-refractivity contribution in [1.29, 1.82) is 0 Å². The number of carbonyl (C=O) groups is 2. The molecule has 0 atom stereocenters. The second kappa shape index (κ2) is 46.0. The van der Waals surface area contributed by atoms with Crippen molar-refractivity contribution >= 4 is 117 Å². The van der Waals surface area contributed by atoms with E-state index in [9.17, 15) is 53.9 Å². The van der Waals surface area contributed by atoms with Gasteiger partial charge in [-0.05, 0) is 161 Å². The Morgan fingerprint density at radius 3 is 1.34 bits per heavy atom. The number of pyridine rings is 7. The van der Waals surface area contributed by atoms with E-state index in [0.717, 1.165) is 176 Å². The number of nitrogens with one attached hydrogen (secondary N) is 12. The molecular formula is C109H115F9N26O4. The summed E-state index contributed by atoms with van der Waals surface area (Å²) in [6, 6.07) is 35.0. The van der Waals surface area contributed by atoms with Gasteiger partial charge < -0.3 is 45.8 Å². The number of carbonyl (C=O) groups excluding carboxylic acids is 2. The summed E-state index contributed by atoms with van der Waals surface area (Å²) in [5.74, 6) is -3.83. The first-order chi connectivity index (χ1) is 72.0. The third-order valence-corrected chi connectivity index (χ3v) is 28.4. The van der Waals surface area contributed by atoms with Crippen molar-refractivity contribution in [3.8, 4) is 56.3 Å². The second-order valence-electron chi connectivity index (χ2n) is 38.8. The largest absolute Gasteiger partial charge is 0.472 e. The zero-order valence-electron chi connectivity index (χ0n) is 81.9. The molecule has 0 unspecified atom stereocenters. The van der Waals surface area contributed by atoms with Crippen LogP contribution in [0.3, 0.4) is 0 Å². The summed E-state index contributed by atoms with van der Waals surface area (Å²) in [7, 11) is 3.51. The van der Waals surface area contributed by atoms with E-state index < -0.39 is 40.9 Å². The number of nitrogens with zero attached hydrogens (tertiary/aromatic N) is 14. The molecule has 0 bridgehead atoms. The summed E-state index contributed by atoms with van der Waals surface area (Å²) in [6.45, 7) is 0.261. The van der Waals surface area contributed by atoms with Gasteiger partial charge in [-0.1, -0.05) is 133 Å². The van der Waals surface area contributed by atoms with Gasteiger partial charge in [-0.25, -0.2) is 51.3 Å². The molecule has 1 aliphatic heterocycles. The number of aromatic amines is 7. The number of rotatable bonds is 19. The van der Waals surface area contributed by atoms with Gasteiger partial charge >= 0.3 is 6.18 Å². The minimum absolute atomic E-state index is 0.00485. The molecule has 1 saturated heterocycles. The smallest absolute Gasteiger partial charge is 0.416 e. The molecule has 39 heteroatoms. The molecule has 18 aromatic rings. The van der Waals surface area contributed by atoms with E-state index in [2.05, 4.69) is 141 Å². The van der Waals surface area contributed by atoms with Crippen molar-refractivity contribution in [3.63, 3.8) is 0 Å². The number of H-pyrrole nitrogens is 7. The quantitative estimate of drug-likeness (QED) is 0.0264. The lowest BCUT2D eigenvalue weighted by Gasteiger charge is -2.31. The van der Waals surface area contributed by atoms with Crippen LogP contribution in [0.15, 0.2) is 193 Å². The number of likely N-dealkylation sites (tertiary alicyclic amines) is 1. The number of hydrogen-bond acceptors (Lipinski definition) is 21. The van der Waals surface area contributed by atoms with Crippen LogP contribution in [0.1, 0.15) is 201 Å². The first-order valence-corrected chi connectivity index (χ1v) is 50.9. The zero-order chi connectivity index (χ0) is 102. The topological polar surface area (TPSA) is 396 Å². The monoisotopic (exact) mass is 2020 g/mol. The van der Waals surface area contributed by atoms with Gasteiger partial charge in [0.1, 0.15) is 63.4 Å². The highest BCUT2D eigenvalue weighted by Gasteiger charge is 2.37. The molecule has 15 heterocycles. The minimum atomic E-state index is -4.59. The molecular weight excluding hydrogens is 1910 g/mol. The number of fused-ring (bicyclic) bond motifs is 7. The van der Waals surface area contributed by atoms with Gasteiger partial charge in [-0.2, -0.15) is 43.8 Å².